The average molecular weight is 461 g/mol. The van der Waals surface area contributed by atoms with Crippen LogP contribution < -0.4 is 4.90 Å². The molecule has 0 bridgehead atoms. The fraction of sp³-hybridized carbons (Fsp3) is 0.192. The van der Waals surface area contributed by atoms with Gasteiger partial charge in [0.05, 0.1) is 40.6 Å². The van der Waals surface area contributed by atoms with Crippen molar-refractivity contribution in [1.82, 2.24) is 24.8 Å². The fourth-order valence-electron chi connectivity index (χ4n) is 4.06. The monoisotopic (exact) mass is 460 g/mol. The predicted octanol–water partition coefficient (Wildman–Crippen LogP) is 4.46. The minimum atomic E-state index is -0.643. The van der Waals surface area contributed by atoms with E-state index in [-0.39, 0.29) is 11.9 Å². The highest BCUT2D eigenvalue weighted by atomic mass is 16.2. The summed E-state index contributed by atoms with van der Waals surface area (Å²) in [6.45, 7) is 4.11. The van der Waals surface area contributed by atoms with Crippen LogP contribution in [0.1, 0.15) is 30.8 Å². The van der Waals surface area contributed by atoms with Crippen LogP contribution in [0.4, 0.5) is 16.2 Å². The van der Waals surface area contributed by atoms with E-state index in [0.717, 1.165) is 11.1 Å². The van der Waals surface area contributed by atoms with Crippen molar-refractivity contribution in [3.05, 3.63) is 71.9 Å². The molecule has 1 aliphatic heterocycles. The molecule has 0 N–H and O–H groups in total. The number of hydrogen-bond donors (Lipinski definition) is 0. The lowest BCUT2D eigenvalue weighted by Gasteiger charge is -2.35. The first kappa shape index (κ1) is 21.9. The zero-order valence-corrected chi connectivity index (χ0v) is 19.4. The van der Waals surface area contributed by atoms with E-state index in [1.165, 1.54) is 0 Å². The van der Waals surface area contributed by atoms with Crippen LogP contribution >= 0.6 is 0 Å². The molecule has 0 radical (unpaired) electrons. The Morgan fingerprint density at radius 3 is 2.34 bits per heavy atom. The highest BCUT2D eigenvalue weighted by Gasteiger charge is 2.32. The molecule has 0 aliphatic carbocycles. The topological polar surface area (TPSA) is 123 Å². The Morgan fingerprint density at radius 1 is 0.971 bits per heavy atom. The minimum absolute atomic E-state index is 0.0800. The van der Waals surface area contributed by atoms with E-state index >= 15 is 0 Å². The van der Waals surface area contributed by atoms with Gasteiger partial charge >= 0.3 is 6.03 Å². The van der Waals surface area contributed by atoms with Gasteiger partial charge in [0.25, 0.3) is 0 Å². The molecule has 0 atom stereocenters. The number of urea groups is 1. The normalized spacial score (nSPS) is 13.3. The highest BCUT2D eigenvalue weighted by molar-refractivity contribution is 6.08. The van der Waals surface area contributed by atoms with Gasteiger partial charge in [-0.2, -0.15) is 10.5 Å². The van der Waals surface area contributed by atoms with Gasteiger partial charge in [0.2, 0.25) is 5.82 Å². The van der Waals surface area contributed by atoms with Crippen molar-refractivity contribution in [2.75, 3.05) is 11.9 Å². The Balaban J connectivity index is 1.68. The summed E-state index contributed by atoms with van der Waals surface area (Å²) >= 11 is 0. The highest BCUT2D eigenvalue weighted by Crippen LogP contribution is 2.39. The lowest BCUT2D eigenvalue weighted by molar-refractivity contribution is 0.213. The van der Waals surface area contributed by atoms with Crippen LogP contribution in [0, 0.1) is 22.7 Å². The second kappa shape index (κ2) is 8.15. The van der Waals surface area contributed by atoms with Crippen molar-refractivity contribution in [3.63, 3.8) is 0 Å². The number of benzene rings is 1. The molecule has 0 spiro atoms. The van der Waals surface area contributed by atoms with Gasteiger partial charge in [-0.15, -0.1) is 0 Å². The van der Waals surface area contributed by atoms with Crippen LogP contribution in [-0.4, -0.2) is 37.9 Å². The Bertz CT molecular complexity index is 1550. The van der Waals surface area contributed by atoms with Crippen molar-refractivity contribution >= 4 is 28.4 Å². The molecule has 2 amide bonds. The van der Waals surface area contributed by atoms with Crippen molar-refractivity contribution < 1.29 is 4.79 Å². The SMILES string of the molecule is CN1Cc2cnc3ccc(-c4cnc(C#N)nc4)nc3c2N(c2ccc(C(C)(C)C#N)cc2)C1=O. The number of fused-ring (bicyclic) bond motifs is 3. The van der Waals surface area contributed by atoms with E-state index in [9.17, 15) is 10.1 Å². The number of nitriles is 2. The number of rotatable bonds is 3. The summed E-state index contributed by atoms with van der Waals surface area (Å²) in [7, 11) is 1.74. The zero-order valence-electron chi connectivity index (χ0n) is 19.4. The predicted molar refractivity (Wildman–Crippen MR) is 129 cm³/mol. The second-order valence-electron chi connectivity index (χ2n) is 8.86. The molecule has 3 aromatic heterocycles. The van der Waals surface area contributed by atoms with Crippen LogP contribution in [-0.2, 0) is 12.0 Å². The first-order valence-electron chi connectivity index (χ1n) is 10.9. The summed E-state index contributed by atoms with van der Waals surface area (Å²) in [6.07, 6.45) is 4.87. The molecule has 1 aromatic carbocycles. The average Bonchev–Trinajstić information content (AvgIpc) is 2.89. The first-order valence-corrected chi connectivity index (χ1v) is 10.9. The molecular formula is C26H20N8O. The summed E-state index contributed by atoms with van der Waals surface area (Å²) in [6, 6.07) is 15.1. The maximum atomic E-state index is 13.4. The van der Waals surface area contributed by atoms with Crippen LogP contribution in [0.5, 0.6) is 0 Å². The molecule has 9 nitrogen and oxygen atoms in total. The molecule has 4 heterocycles. The number of carbonyl (C=O) groups excluding carboxylic acids is 1. The molecule has 0 saturated heterocycles. The Hall–Kier alpha value is -4.89. The third kappa shape index (κ3) is 3.69. The Morgan fingerprint density at radius 2 is 1.69 bits per heavy atom. The van der Waals surface area contributed by atoms with Crippen molar-refractivity contribution in [2.45, 2.75) is 25.8 Å². The third-order valence-electron chi connectivity index (χ3n) is 6.09. The van der Waals surface area contributed by atoms with E-state index in [4.69, 9.17) is 10.2 Å². The Kier molecular flexibility index (Phi) is 5.11. The van der Waals surface area contributed by atoms with E-state index in [2.05, 4.69) is 21.0 Å². The fourth-order valence-corrected chi connectivity index (χ4v) is 4.06. The van der Waals surface area contributed by atoms with Crippen LogP contribution in [0.2, 0.25) is 0 Å². The van der Waals surface area contributed by atoms with Gasteiger partial charge in [-0.05, 0) is 43.7 Å². The van der Waals surface area contributed by atoms with Crippen molar-refractivity contribution in [2.24, 2.45) is 0 Å². The standard InChI is InChI=1S/C26H20N8O/c1-26(2,15-28)18-4-6-19(7-5-18)34-24-17(14-33(3)25(34)35)13-29-21-9-8-20(32-23(21)24)16-11-30-22(10-27)31-12-16/h4-9,11-13H,14H2,1-3H3. The molecule has 0 fully saturated rings. The van der Waals surface area contributed by atoms with Gasteiger partial charge in [0.15, 0.2) is 0 Å². The number of pyridine rings is 2. The van der Waals surface area contributed by atoms with Gasteiger partial charge in [-0.3, -0.25) is 9.88 Å². The Labute approximate surface area is 201 Å². The largest absolute Gasteiger partial charge is 0.329 e. The number of nitrogens with zero attached hydrogens (tertiary/aromatic N) is 8. The van der Waals surface area contributed by atoms with Crippen LogP contribution in [0.15, 0.2) is 55.0 Å². The smallest absolute Gasteiger partial charge is 0.323 e. The van der Waals surface area contributed by atoms with Crippen molar-refractivity contribution in [3.8, 4) is 23.4 Å². The maximum absolute atomic E-state index is 13.4. The summed E-state index contributed by atoms with van der Waals surface area (Å²) in [5, 5.41) is 18.5. The number of hydrogen-bond acceptors (Lipinski definition) is 7. The van der Waals surface area contributed by atoms with Crippen LogP contribution in [0.25, 0.3) is 22.3 Å². The molecule has 5 rings (SSSR count). The van der Waals surface area contributed by atoms with Gasteiger partial charge < -0.3 is 4.90 Å². The minimum Gasteiger partial charge on any atom is -0.323 e. The van der Waals surface area contributed by atoms with E-state index in [1.807, 2.05) is 56.3 Å². The van der Waals surface area contributed by atoms with E-state index in [0.29, 0.717) is 40.2 Å². The summed E-state index contributed by atoms with van der Waals surface area (Å²) < 4.78 is 0. The lowest BCUT2D eigenvalue weighted by Crippen LogP contribution is -2.42. The number of aromatic nitrogens is 4. The second-order valence-corrected chi connectivity index (χ2v) is 8.86. The molecule has 1 aliphatic rings. The molecular weight excluding hydrogens is 440 g/mol. The van der Waals surface area contributed by atoms with E-state index < -0.39 is 5.41 Å². The summed E-state index contributed by atoms with van der Waals surface area (Å²) in [5.74, 6) is 0.0800. The van der Waals surface area contributed by atoms with Gasteiger partial charge in [-0.1, -0.05) is 12.1 Å². The van der Waals surface area contributed by atoms with Gasteiger partial charge in [0, 0.05) is 36.8 Å². The molecule has 4 aromatic rings. The zero-order chi connectivity index (χ0) is 24.7. The molecule has 0 unspecified atom stereocenters. The first-order chi connectivity index (χ1) is 16.8. The van der Waals surface area contributed by atoms with Crippen LogP contribution in [0.3, 0.4) is 0 Å². The van der Waals surface area contributed by atoms with Gasteiger partial charge in [0.1, 0.15) is 11.6 Å². The molecule has 0 saturated carbocycles. The van der Waals surface area contributed by atoms with E-state index in [1.54, 1.807) is 35.4 Å². The number of anilines is 2. The number of amides is 2. The quantitative estimate of drug-likeness (QED) is 0.442. The maximum Gasteiger partial charge on any atom is 0.329 e. The van der Waals surface area contributed by atoms with Gasteiger partial charge in [-0.25, -0.2) is 19.7 Å². The molecule has 9 heteroatoms. The third-order valence-corrected chi connectivity index (χ3v) is 6.09. The molecule has 35 heavy (non-hydrogen) atoms. The lowest BCUT2D eigenvalue weighted by atomic mass is 9.86. The summed E-state index contributed by atoms with van der Waals surface area (Å²) in [4.78, 5) is 34.1. The molecule has 170 valence electrons. The van der Waals surface area contributed by atoms with Crippen molar-refractivity contribution in [1.29, 1.82) is 10.5 Å². The number of carbonyl (C=O) groups is 1. The summed E-state index contributed by atoms with van der Waals surface area (Å²) in [5.41, 5.74) is 4.90.